The zero-order chi connectivity index (χ0) is 42.6. The lowest BCUT2D eigenvalue weighted by Gasteiger charge is -2.47. The van der Waals surface area contributed by atoms with Gasteiger partial charge in [-0.25, -0.2) is 4.79 Å². The number of rotatable bonds is 17. The van der Waals surface area contributed by atoms with Crippen LogP contribution in [0.1, 0.15) is 118 Å². The summed E-state index contributed by atoms with van der Waals surface area (Å²) in [6.07, 6.45) is 13.7. The van der Waals surface area contributed by atoms with Crippen LogP contribution in [0.5, 0.6) is 11.5 Å². The van der Waals surface area contributed by atoms with E-state index in [4.69, 9.17) is 21.1 Å². The molecule has 0 bridgehead atoms. The maximum Gasteiger partial charge on any atom is 0.329 e. The van der Waals surface area contributed by atoms with Gasteiger partial charge in [-0.15, -0.1) is 0 Å². The predicted molar refractivity (Wildman–Crippen MR) is 240 cm³/mol. The number of aliphatic carboxylic acids is 2. The first-order valence-electron chi connectivity index (χ1n) is 22.7. The second kappa shape index (κ2) is 18.8. The van der Waals surface area contributed by atoms with E-state index in [2.05, 4.69) is 71.5 Å². The molecule has 2 fully saturated rings. The first kappa shape index (κ1) is 43.1. The van der Waals surface area contributed by atoms with Crippen LogP contribution < -0.4 is 14.8 Å². The maximum atomic E-state index is 13.1. The Labute approximate surface area is 366 Å². The van der Waals surface area contributed by atoms with Crippen LogP contribution in [-0.2, 0) is 34.3 Å². The fraction of sp³-hybridized carbons (Fsp3) is 0.510. The molecule has 0 unspecified atom stereocenters. The SMILES string of the molecule is C[C@@H](COc1ccnc2c1[C@H](C)CCC2)C[C@H]1Cc2ccc(O[C@@H]3C[C@H](C(=O)O)N(CCCCCc4ccccc4)C3)cc2C12CCC(Nc1cccc(Cl)c1)(C(=O)O)CC2. The average Bonchev–Trinajstić information content (AvgIpc) is 3.79. The van der Waals surface area contributed by atoms with Gasteiger partial charge < -0.3 is 25.0 Å². The Morgan fingerprint density at radius 2 is 1.80 bits per heavy atom. The summed E-state index contributed by atoms with van der Waals surface area (Å²) in [5, 5.41) is 24.9. The molecule has 4 aromatic rings. The van der Waals surface area contributed by atoms with Gasteiger partial charge in [0, 0.05) is 41.1 Å². The van der Waals surface area contributed by atoms with Crippen molar-refractivity contribution in [2.75, 3.05) is 25.0 Å². The van der Waals surface area contributed by atoms with Crippen molar-refractivity contribution < 1.29 is 29.3 Å². The molecule has 4 aliphatic rings. The smallest absolute Gasteiger partial charge is 0.329 e. The van der Waals surface area contributed by atoms with Gasteiger partial charge in [-0.1, -0.05) is 74.3 Å². The van der Waals surface area contributed by atoms with Crippen LogP contribution in [0.15, 0.2) is 85.1 Å². The number of likely N-dealkylation sites (tertiary alicyclic amines) is 1. The highest BCUT2D eigenvalue weighted by molar-refractivity contribution is 6.30. The monoisotopic (exact) mass is 847 g/mol. The second-order valence-electron chi connectivity index (χ2n) is 18.6. The van der Waals surface area contributed by atoms with Gasteiger partial charge in [0.15, 0.2) is 0 Å². The summed E-state index contributed by atoms with van der Waals surface area (Å²) >= 11 is 6.33. The van der Waals surface area contributed by atoms with Gasteiger partial charge in [-0.05, 0) is 160 Å². The molecule has 3 aliphatic carbocycles. The first-order valence-corrected chi connectivity index (χ1v) is 23.1. The maximum absolute atomic E-state index is 13.1. The Hall–Kier alpha value is -4.60. The number of halogens is 1. The molecule has 61 heavy (non-hydrogen) atoms. The fourth-order valence-electron chi connectivity index (χ4n) is 11.3. The number of benzene rings is 3. The first-order chi connectivity index (χ1) is 29.5. The van der Waals surface area contributed by atoms with Crippen molar-refractivity contribution in [3.63, 3.8) is 0 Å². The molecule has 3 N–H and O–H groups in total. The highest BCUT2D eigenvalue weighted by atomic mass is 35.5. The minimum Gasteiger partial charge on any atom is -0.493 e. The lowest BCUT2D eigenvalue weighted by Crippen LogP contribution is -2.53. The molecule has 1 saturated heterocycles. The highest BCUT2D eigenvalue weighted by Gasteiger charge is 2.54. The van der Waals surface area contributed by atoms with E-state index in [-0.39, 0.29) is 17.4 Å². The van der Waals surface area contributed by atoms with Crippen molar-refractivity contribution >= 4 is 29.2 Å². The summed E-state index contributed by atoms with van der Waals surface area (Å²) in [5.41, 5.74) is 5.66. The third-order valence-electron chi connectivity index (χ3n) is 14.5. The molecule has 0 radical (unpaired) electrons. The minimum absolute atomic E-state index is 0.233. The van der Waals surface area contributed by atoms with E-state index in [0.29, 0.717) is 67.8 Å². The number of carboxylic acid groups (broad SMARTS) is 2. The topological polar surface area (TPSA) is 121 Å². The molecule has 2 heterocycles. The number of ether oxygens (including phenoxy) is 2. The number of hydrogen-bond donors (Lipinski definition) is 3. The molecule has 1 spiro atoms. The highest BCUT2D eigenvalue weighted by Crippen LogP contribution is 2.57. The van der Waals surface area contributed by atoms with Gasteiger partial charge in [0.2, 0.25) is 0 Å². The Kier molecular flexibility index (Phi) is 13.3. The van der Waals surface area contributed by atoms with E-state index in [1.165, 1.54) is 27.9 Å². The zero-order valence-corrected chi connectivity index (χ0v) is 36.5. The molecular weight excluding hydrogens is 786 g/mol. The summed E-state index contributed by atoms with van der Waals surface area (Å²) in [4.78, 5) is 32.4. The number of anilines is 1. The normalized spacial score (nSPS) is 26.3. The van der Waals surface area contributed by atoms with Crippen LogP contribution in [0.4, 0.5) is 5.69 Å². The van der Waals surface area contributed by atoms with Crippen LogP contribution in [0.25, 0.3) is 0 Å². The van der Waals surface area contributed by atoms with E-state index in [1.54, 1.807) is 12.1 Å². The molecule has 8 rings (SSSR count). The second-order valence-corrected chi connectivity index (χ2v) is 19.1. The Bertz CT molecular complexity index is 2160. The lowest BCUT2D eigenvalue weighted by molar-refractivity contribution is -0.144. The quantitative estimate of drug-likeness (QED) is 0.0892. The molecule has 1 saturated carbocycles. The number of carbonyl (C=O) groups is 2. The Morgan fingerprint density at radius 3 is 2.57 bits per heavy atom. The van der Waals surface area contributed by atoms with E-state index >= 15 is 0 Å². The summed E-state index contributed by atoms with van der Waals surface area (Å²) < 4.78 is 13.3. The minimum atomic E-state index is -1.12. The van der Waals surface area contributed by atoms with Crippen molar-refractivity contribution in [3.8, 4) is 11.5 Å². The summed E-state index contributed by atoms with van der Waals surface area (Å²) in [6.45, 7) is 6.47. The van der Waals surface area contributed by atoms with E-state index < -0.39 is 23.5 Å². The number of hydrogen-bond acceptors (Lipinski definition) is 7. The van der Waals surface area contributed by atoms with Crippen molar-refractivity contribution in [1.29, 1.82) is 0 Å². The van der Waals surface area contributed by atoms with Crippen LogP contribution in [0, 0.1) is 11.8 Å². The predicted octanol–water partition coefficient (Wildman–Crippen LogP) is 10.5. The van der Waals surface area contributed by atoms with Gasteiger partial charge in [-0.2, -0.15) is 0 Å². The van der Waals surface area contributed by atoms with E-state index in [1.807, 2.05) is 30.5 Å². The Balaban J connectivity index is 0.981. The van der Waals surface area contributed by atoms with Gasteiger partial charge in [-0.3, -0.25) is 14.7 Å². The third-order valence-corrected chi connectivity index (χ3v) is 14.7. The number of nitrogens with zero attached hydrogens (tertiary/aromatic N) is 2. The zero-order valence-electron chi connectivity index (χ0n) is 35.8. The van der Waals surface area contributed by atoms with Crippen LogP contribution >= 0.6 is 11.6 Å². The molecule has 0 amide bonds. The summed E-state index contributed by atoms with van der Waals surface area (Å²) in [6, 6.07) is 25.7. The molecular formula is C51H62ClN3O6. The number of nitrogens with one attached hydrogen (secondary N) is 1. The molecule has 9 nitrogen and oxygen atoms in total. The summed E-state index contributed by atoms with van der Waals surface area (Å²) in [7, 11) is 0. The molecule has 324 valence electrons. The summed E-state index contributed by atoms with van der Waals surface area (Å²) in [5.74, 6) is 1.07. The number of carboxylic acids is 2. The number of pyridine rings is 1. The van der Waals surface area contributed by atoms with Crippen molar-refractivity contribution in [1.82, 2.24) is 9.88 Å². The van der Waals surface area contributed by atoms with Crippen molar-refractivity contribution in [2.45, 2.75) is 133 Å². The van der Waals surface area contributed by atoms with Crippen LogP contribution in [-0.4, -0.2) is 69.4 Å². The van der Waals surface area contributed by atoms with Crippen LogP contribution in [0.2, 0.25) is 5.02 Å². The number of aryl methyl sites for hydroxylation is 2. The standard InChI is InChI=1S/C51H62ClN3O6/c1-34(33-60-46-20-25-53-44-17-9-11-35(2)47(44)46)27-38-28-37-18-19-41(61-42-31-45(48(56)57)55(32-42)26-8-4-7-14-36-12-5-3-6-13-36)30-43(37)50(38)21-23-51(24-22-50,49(58)59)54-40-16-10-15-39(52)29-40/h3,5-6,10,12-13,15-16,18-20,25,29-30,34-35,38,42,45,54H,4,7-9,11,14,17,21-24,26-28,31-33H2,1-2H3,(H,56,57)(H,58,59)/t34-,35-,38+,42-,45-,50?,51?/m1/s1. The number of fused-ring (bicyclic) bond motifs is 3. The van der Waals surface area contributed by atoms with Gasteiger partial charge in [0.25, 0.3) is 0 Å². The molecule has 5 atom stereocenters. The largest absolute Gasteiger partial charge is 0.493 e. The molecule has 1 aromatic heterocycles. The molecule has 3 aromatic carbocycles. The fourth-order valence-corrected chi connectivity index (χ4v) is 11.4. The molecule has 1 aliphatic heterocycles. The van der Waals surface area contributed by atoms with Gasteiger partial charge in [0.1, 0.15) is 29.2 Å². The number of unbranched alkanes of at least 4 members (excludes halogenated alkanes) is 2. The average molecular weight is 849 g/mol. The van der Waals surface area contributed by atoms with Crippen molar-refractivity contribution in [3.05, 3.63) is 118 Å². The van der Waals surface area contributed by atoms with Gasteiger partial charge >= 0.3 is 11.9 Å². The van der Waals surface area contributed by atoms with Gasteiger partial charge in [0.05, 0.1) is 6.61 Å². The van der Waals surface area contributed by atoms with E-state index in [0.717, 1.165) is 75.8 Å². The van der Waals surface area contributed by atoms with Crippen molar-refractivity contribution in [2.24, 2.45) is 11.8 Å². The lowest BCUT2D eigenvalue weighted by atomic mass is 9.59. The third kappa shape index (κ3) is 9.58. The van der Waals surface area contributed by atoms with Crippen LogP contribution in [0.3, 0.4) is 0 Å². The van der Waals surface area contributed by atoms with E-state index in [9.17, 15) is 19.8 Å². The number of aromatic nitrogens is 1. The molecule has 10 heteroatoms. The Morgan fingerprint density at radius 1 is 0.984 bits per heavy atom.